The van der Waals surface area contributed by atoms with Gasteiger partial charge in [-0.2, -0.15) is 0 Å². The first-order valence-corrected chi connectivity index (χ1v) is 25.3. The van der Waals surface area contributed by atoms with Gasteiger partial charge in [-0.15, -0.1) is 0 Å². The Morgan fingerprint density at radius 2 is 1.18 bits per heavy atom. The zero-order valence-electron chi connectivity index (χ0n) is 42.1. The standard InChI is InChI=1S/C66H72N2/c1-11-13-14-39-66(10,68(57-24-17-37-64(7,8)40-35-57)60-22-16-20-51(45-60)55-32-28-49-26-30-53(49)43-55)62-46-59(33-34-61(62)47(3)12-2)67(56-23-18-38-65(9,41-36-56)63(4,5)6)58-21-15-19-50(44-58)54-31-27-48-25-29-52(48)42-54/h12,15-24,27-28,31-38,40-46H,2-3,11,13-14,25-26,29-30,39H2,1,4-10H3. The molecule has 0 heterocycles. The number of hydrogen-bond donors (Lipinski definition) is 0. The molecule has 2 atom stereocenters. The molecule has 0 fully saturated rings. The second kappa shape index (κ2) is 18.6. The molecule has 68 heavy (non-hydrogen) atoms. The zero-order chi connectivity index (χ0) is 47.8. The van der Waals surface area contributed by atoms with Crippen molar-refractivity contribution >= 4 is 22.6 Å². The first kappa shape index (κ1) is 46.7. The van der Waals surface area contributed by atoms with Crippen LogP contribution in [0.5, 0.6) is 0 Å². The normalized spacial score (nSPS) is 18.6. The van der Waals surface area contributed by atoms with Gasteiger partial charge in [0.15, 0.2) is 0 Å². The average molecular weight is 893 g/mol. The van der Waals surface area contributed by atoms with Gasteiger partial charge in [-0.25, -0.2) is 0 Å². The third-order valence-corrected chi connectivity index (χ3v) is 15.7. The Bertz CT molecular complexity index is 2950. The van der Waals surface area contributed by atoms with Crippen LogP contribution in [0.1, 0.15) is 114 Å². The van der Waals surface area contributed by atoms with Gasteiger partial charge >= 0.3 is 0 Å². The molecule has 0 amide bonds. The molecule has 9 rings (SSSR count). The monoisotopic (exact) mass is 893 g/mol. The molecule has 0 saturated heterocycles. The number of anilines is 3. The van der Waals surface area contributed by atoms with Crippen molar-refractivity contribution in [2.75, 3.05) is 9.80 Å². The van der Waals surface area contributed by atoms with Crippen LogP contribution in [0, 0.1) is 16.2 Å². The van der Waals surface area contributed by atoms with E-state index in [2.05, 4.69) is 242 Å². The summed E-state index contributed by atoms with van der Waals surface area (Å²) in [6.45, 7) is 27.7. The molecule has 0 spiro atoms. The van der Waals surface area contributed by atoms with E-state index in [-0.39, 0.29) is 16.2 Å². The molecule has 5 aromatic carbocycles. The fourth-order valence-electron chi connectivity index (χ4n) is 10.5. The maximum atomic E-state index is 4.68. The van der Waals surface area contributed by atoms with Gasteiger partial charge in [0.2, 0.25) is 0 Å². The highest BCUT2D eigenvalue weighted by molar-refractivity contribution is 5.82. The van der Waals surface area contributed by atoms with Crippen molar-refractivity contribution < 1.29 is 0 Å². The molecule has 0 radical (unpaired) electrons. The van der Waals surface area contributed by atoms with E-state index >= 15 is 0 Å². The van der Waals surface area contributed by atoms with Crippen LogP contribution in [-0.4, -0.2) is 0 Å². The predicted octanol–water partition coefficient (Wildman–Crippen LogP) is 18.0. The summed E-state index contributed by atoms with van der Waals surface area (Å²) in [4.78, 5) is 5.12. The number of rotatable bonds is 15. The summed E-state index contributed by atoms with van der Waals surface area (Å²) in [6, 6.07) is 39.6. The molecule has 0 N–H and O–H groups in total. The van der Waals surface area contributed by atoms with Crippen LogP contribution in [0.4, 0.5) is 17.1 Å². The molecule has 0 aliphatic heterocycles. The number of benzene rings is 5. The maximum absolute atomic E-state index is 4.68. The molecular formula is C66H72N2. The third-order valence-electron chi connectivity index (χ3n) is 15.7. The van der Waals surface area contributed by atoms with Crippen LogP contribution in [0.25, 0.3) is 27.8 Å². The number of unbranched alkanes of at least 4 members (excludes halogenated alkanes) is 2. The first-order valence-electron chi connectivity index (χ1n) is 25.3. The number of nitrogens with zero attached hydrogens (tertiary/aromatic N) is 2. The fraction of sp³-hybridized carbons (Fsp3) is 0.303. The molecule has 2 heteroatoms. The Morgan fingerprint density at radius 1 is 0.603 bits per heavy atom. The lowest BCUT2D eigenvalue weighted by molar-refractivity contribution is 0.228. The van der Waals surface area contributed by atoms with Gasteiger partial charge in [-0.05, 0) is 166 Å². The number of fused-ring (bicyclic) bond motifs is 2. The number of allylic oxidation sites excluding steroid dienone is 12. The molecule has 0 saturated carbocycles. The Kier molecular flexibility index (Phi) is 12.8. The summed E-state index contributed by atoms with van der Waals surface area (Å²) in [7, 11) is 0. The fourth-order valence-corrected chi connectivity index (χ4v) is 10.5. The van der Waals surface area contributed by atoms with E-state index in [1.54, 1.807) is 0 Å². The summed E-state index contributed by atoms with van der Waals surface area (Å²) in [6.07, 6.45) is 34.2. The molecule has 4 aliphatic rings. The van der Waals surface area contributed by atoms with E-state index in [9.17, 15) is 0 Å². The lowest BCUT2D eigenvalue weighted by Crippen LogP contribution is -2.44. The van der Waals surface area contributed by atoms with Crippen LogP contribution in [-0.2, 0) is 31.2 Å². The van der Waals surface area contributed by atoms with E-state index in [4.69, 9.17) is 0 Å². The molecule has 2 nitrogen and oxygen atoms in total. The van der Waals surface area contributed by atoms with Crippen molar-refractivity contribution in [2.45, 2.75) is 112 Å². The van der Waals surface area contributed by atoms with Crippen molar-refractivity contribution in [1.29, 1.82) is 0 Å². The second-order valence-electron chi connectivity index (χ2n) is 21.9. The average Bonchev–Trinajstić information content (AvgIpc) is 3.62. The summed E-state index contributed by atoms with van der Waals surface area (Å²) in [5.74, 6) is 0. The van der Waals surface area contributed by atoms with E-state index in [1.807, 2.05) is 6.08 Å². The van der Waals surface area contributed by atoms with Crippen molar-refractivity contribution in [3.05, 3.63) is 228 Å². The lowest BCUT2D eigenvalue weighted by atomic mass is 9.68. The lowest BCUT2D eigenvalue weighted by Gasteiger charge is -2.46. The molecule has 2 unspecified atom stereocenters. The first-order chi connectivity index (χ1) is 32.6. The minimum atomic E-state index is -0.540. The molecule has 5 aromatic rings. The van der Waals surface area contributed by atoms with Gasteiger partial charge in [-0.1, -0.05) is 190 Å². The highest BCUT2D eigenvalue weighted by atomic mass is 15.2. The summed E-state index contributed by atoms with van der Waals surface area (Å²) in [5, 5.41) is 0. The van der Waals surface area contributed by atoms with Crippen LogP contribution >= 0.6 is 0 Å². The van der Waals surface area contributed by atoms with Crippen LogP contribution < -0.4 is 9.80 Å². The van der Waals surface area contributed by atoms with Crippen LogP contribution in [0.15, 0.2) is 195 Å². The van der Waals surface area contributed by atoms with Gasteiger partial charge < -0.3 is 9.80 Å². The van der Waals surface area contributed by atoms with Crippen LogP contribution in [0.3, 0.4) is 0 Å². The molecule has 346 valence electrons. The minimum absolute atomic E-state index is 0.0244. The van der Waals surface area contributed by atoms with Crippen LogP contribution in [0.2, 0.25) is 0 Å². The Labute approximate surface area is 409 Å². The van der Waals surface area contributed by atoms with Gasteiger partial charge in [0.1, 0.15) is 0 Å². The minimum Gasteiger partial charge on any atom is -0.331 e. The SMILES string of the molecule is C=CC(=C)c1ccc(N(C2=CC=CC(C)(C(C)(C)C)C=C2)c2cccc(-c3ccc4c(c3)CC4)c2)cc1C(C)(CCCCC)N(C1=CC=CC(C)(C)C=C1)c1cccc(-c2ccc3c(c2)CC3)c1. The highest BCUT2D eigenvalue weighted by Crippen LogP contribution is 2.48. The topological polar surface area (TPSA) is 6.48 Å². The Morgan fingerprint density at radius 3 is 1.78 bits per heavy atom. The number of aryl methyl sites for hydroxylation is 4. The van der Waals surface area contributed by atoms with E-state index < -0.39 is 5.54 Å². The van der Waals surface area contributed by atoms with Crippen molar-refractivity contribution in [2.24, 2.45) is 16.2 Å². The van der Waals surface area contributed by atoms with Crippen molar-refractivity contribution in [3.63, 3.8) is 0 Å². The van der Waals surface area contributed by atoms with Gasteiger partial charge in [0.05, 0.1) is 5.54 Å². The smallest absolute Gasteiger partial charge is 0.0681 e. The van der Waals surface area contributed by atoms with Gasteiger partial charge in [0.25, 0.3) is 0 Å². The van der Waals surface area contributed by atoms with E-state index in [0.29, 0.717) is 0 Å². The molecule has 4 aliphatic carbocycles. The quantitative estimate of drug-likeness (QED) is 0.0763. The van der Waals surface area contributed by atoms with Crippen molar-refractivity contribution in [1.82, 2.24) is 0 Å². The Balaban J connectivity index is 1.27. The summed E-state index contributed by atoms with van der Waals surface area (Å²) >= 11 is 0. The zero-order valence-corrected chi connectivity index (χ0v) is 42.1. The Hall–Kier alpha value is -6.38. The molecular weight excluding hydrogens is 821 g/mol. The largest absolute Gasteiger partial charge is 0.331 e. The summed E-state index contributed by atoms with van der Waals surface area (Å²) in [5.41, 5.74) is 19.1. The van der Waals surface area contributed by atoms with E-state index in [0.717, 1.165) is 78.1 Å². The van der Waals surface area contributed by atoms with Gasteiger partial charge in [-0.3, -0.25) is 0 Å². The number of hydrogen-bond acceptors (Lipinski definition) is 2. The third kappa shape index (κ3) is 9.15. The highest BCUT2D eigenvalue weighted by Gasteiger charge is 2.39. The molecule has 0 bridgehead atoms. The van der Waals surface area contributed by atoms with E-state index in [1.165, 1.54) is 62.9 Å². The van der Waals surface area contributed by atoms with Crippen molar-refractivity contribution in [3.8, 4) is 22.3 Å². The second-order valence-corrected chi connectivity index (χ2v) is 21.9. The predicted molar refractivity (Wildman–Crippen MR) is 294 cm³/mol. The molecule has 0 aromatic heterocycles. The maximum Gasteiger partial charge on any atom is 0.0681 e. The van der Waals surface area contributed by atoms with Gasteiger partial charge in [0, 0.05) is 39.3 Å². The summed E-state index contributed by atoms with van der Waals surface area (Å²) < 4.78 is 0.